The predicted molar refractivity (Wildman–Crippen MR) is 112 cm³/mol. The van der Waals surface area contributed by atoms with E-state index in [1.54, 1.807) is 30.3 Å². The van der Waals surface area contributed by atoms with Gasteiger partial charge in [0.2, 0.25) is 0 Å². The number of anilines is 1. The van der Waals surface area contributed by atoms with Gasteiger partial charge in [-0.05, 0) is 35.7 Å². The first-order chi connectivity index (χ1) is 14.7. The number of benzene rings is 3. The molecule has 1 N–H and O–H groups in total. The molecule has 0 aromatic heterocycles. The molecular weight excluding hydrogens is 382 g/mol. The second-order valence-electron chi connectivity index (χ2n) is 6.80. The number of amides is 1. The molecule has 0 spiro atoms. The summed E-state index contributed by atoms with van der Waals surface area (Å²) in [6.07, 6.45) is 0.607. The number of fused-ring (bicyclic) bond motifs is 1. The van der Waals surface area contributed by atoms with Crippen LogP contribution in [0.4, 0.5) is 5.69 Å². The van der Waals surface area contributed by atoms with Crippen LogP contribution in [0.2, 0.25) is 0 Å². The number of ether oxygens (including phenoxy) is 3. The lowest BCUT2D eigenvalue weighted by Gasteiger charge is -2.19. The maximum Gasteiger partial charge on any atom is 0.338 e. The summed E-state index contributed by atoms with van der Waals surface area (Å²) in [5.74, 6) is 0.256. The fourth-order valence-corrected chi connectivity index (χ4v) is 3.22. The number of hydrogen-bond donors (Lipinski definition) is 1. The molecule has 0 unspecified atom stereocenters. The standard InChI is InChI=1S/C24H21NO5/c26-23(25-19-10-11-21-22(15-19)29-13-12-28-21)16-30-24(27)20-9-5-4-8-18(20)14-17-6-2-1-3-7-17/h1-11,15H,12-14,16H2,(H,25,26). The Hall–Kier alpha value is -3.80. The van der Waals surface area contributed by atoms with Crippen LogP contribution in [-0.2, 0) is 16.0 Å². The van der Waals surface area contributed by atoms with Crippen LogP contribution in [0.5, 0.6) is 11.5 Å². The zero-order valence-electron chi connectivity index (χ0n) is 16.3. The van der Waals surface area contributed by atoms with Gasteiger partial charge in [0, 0.05) is 11.8 Å². The van der Waals surface area contributed by atoms with Gasteiger partial charge in [0.05, 0.1) is 5.56 Å². The van der Waals surface area contributed by atoms with Crippen LogP contribution in [0.1, 0.15) is 21.5 Å². The molecule has 0 saturated heterocycles. The minimum absolute atomic E-state index is 0.382. The zero-order chi connectivity index (χ0) is 20.8. The van der Waals surface area contributed by atoms with E-state index in [1.807, 2.05) is 42.5 Å². The maximum absolute atomic E-state index is 12.6. The normalized spacial score (nSPS) is 12.1. The lowest BCUT2D eigenvalue weighted by atomic mass is 10.00. The Morgan fingerprint density at radius 2 is 1.60 bits per heavy atom. The van der Waals surface area contributed by atoms with E-state index in [1.165, 1.54) is 0 Å². The van der Waals surface area contributed by atoms with Crippen LogP contribution >= 0.6 is 0 Å². The van der Waals surface area contributed by atoms with Gasteiger partial charge in [0.15, 0.2) is 18.1 Å². The molecule has 3 aromatic carbocycles. The lowest BCUT2D eigenvalue weighted by Crippen LogP contribution is -2.22. The number of nitrogens with one attached hydrogen (secondary N) is 1. The predicted octanol–water partition coefficient (Wildman–Crippen LogP) is 3.84. The van der Waals surface area contributed by atoms with E-state index in [4.69, 9.17) is 14.2 Å². The summed E-state index contributed by atoms with van der Waals surface area (Å²) >= 11 is 0. The monoisotopic (exact) mass is 403 g/mol. The van der Waals surface area contributed by atoms with Crippen molar-refractivity contribution in [3.05, 3.63) is 89.5 Å². The molecule has 0 aliphatic carbocycles. The first kappa shape index (κ1) is 19.5. The average Bonchev–Trinajstić information content (AvgIpc) is 2.78. The third-order valence-corrected chi connectivity index (χ3v) is 4.63. The van der Waals surface area contributed by atoms with Gasteiger partial charge >= 0.3 is 5.97 Å². The van der Waals surface area contributed by atoms with Gasteiger partial charge in [0.25, 0.3) is 5.91 Å². The molecule has 0 fully saturated rings. The van der Waals surface area contributed by atoms with E-state index in [9.17, 15) is 9.59 Å². The summed E-state index contributed by atoms with van der Waals surface area (Å²) in [6, 6.07) is 22.2. The van der Waals surface area contributed by atoms with E-state index in [0.717, 1.165) is 11.1 Å². The summed E-state index contributed by atoms with van der Waals surface area (Å²) in [5, 5.41) is 2.70. The third-order valence-electron chi connectivity index (χ3n) is 4.63. The molecule has 0 radical (unpaired) electrons. The Balaban J connectivity index is 1.36. The van der Waals surface area contributed by atoms with E-state index in [2.05, 4.69) is 5.32 Å². The number of carbonyl (C=O) groups excluding carboxylic acids is 2. The molecule has 1 aliphatic heterocycles. The largest absolute Gasteiger partial charge is 0.486 e. The summed E-state index contributed by atoms with van der Waals surface area (Å²) in [5.41, 5.74) is 2.94. The Morgan fingerprint density at radius 1 is 0.867 bits per heavy atom. The summed E-state index contributed by atoms with van der Waals surface area (Å²) in [7, 11) is 0. The van der Waals surface area contributed by atoms with Crippen molar-refractivity contribution in [1.29, 1.82) is 0 Å². The Bertz CT molecular complexity index is 1050. The van der Waals surface area contributed by atoms with Crippen molar-refractivity contribution >= 4 is 17.6 Å². The minimum atomic E-state index is -0.529. The minimum Gasteiger partial charge on any atom is -0.486 e. The van der Waals surface area contributed by atoms with Crippen LogP contribution < -0.4 is 14.8 Å². The highest BCUT2D eigenvalue weighted by molar-refractivity contribution is 5.96. The molecule has 0 atom stereocenters. The molecule has 4 rings (SSSR count). The highest BCUT2D eigenvalue weighted by Gasteiger charge is 2.16. The number of carbonyl (C=O) groups is 2. The van der Waals surface area contributed by atoms with Gasteiger partial charge in [0.1, 0.15) is 13.2 Å². The molecule has 30 heavy (non-hydrogen) atoms. The SMILES string of the molecule is O=C(COC(=O)c1ccccc1Cc1ccccc1)Nc1ccc2c(c1)OCCO2. The number of rotatable bonds is 6. The second-order valence-corrected chi connectivity index (χ2v) is 6.80. The first-order valence-electron chi connectivity index (χ1n) is 9.67. The van der Waals surface area contributed by atoms with Crippen molar-refractivity contribution in [2.45, 2.75) is 6.42 Å². The van der Waals surface area contributed by atoms with Crippen molar-refractivity contribution in [1.82, 2.24) is 0 Å². The number of hydrogen-bond acceptors (Lipinski definition) is 5. The van der Waals surface area contributed by atoms with Gasteiger partial charge in [-0.15, -0.1) is 0 Å². The summed E-state index contributed by atoms with van der Waals surface area (Å²) < 4.78 is 16.2. The fraction of sp³-hybridized carbons (Fsp3) is 0.167. The van der Waals surface area contributed by atoms with Crippen molar-refractivity contribution < 1.29 is 23.8 Å². The summed E-state index contributed by atoms with van der Waals surface area (Å²) in [6.45, 7) is 0.581. The van der Waals surface area contributed by atoms with Crippen LogP contribution in [0.15, 0.2) is 72.8 Å². The average molecular weight is 403 g/mol. The molecular formula is C24H21NO5. The van der Waals surface area contributed by atoms with E-state index >= 15 is 0 Å². The van der Waals surface area contributed by atoms with E-state index in [-0.39, 0.29) is 6.61 Å². The molecule has 3 aromatic rings. The molecule has 0 bridgehead atoms. The lowest BCUT2D eigenvalue weighted by molar-refractivity contribution is -0.119. The quantitative estimate of drug-likeness (QED) is 0.633. The van der Waals surface area contributed by atoms with Crippen LogP contribution in [0.25, 0.3) is 0 Å². The Kier molecular flexibility index (Phi) is 5.94. The van der Waals surface area contributed by atoms with Crippen LogP contribution in [0.3, 0.4) is 0 Å². The zero-order valence-corrected chi connectivity index (χ0v) is 16.3. The van der Waals surface area contributed by atoms with Crippen LogP contribution in [-0.4, -0.2) is 31.7 Å². The van der Waals surface area contributed by atoms with Gasteiger partial charge < -0.3 is 19.5 Å². The fourth-order valence-electron chi connectivity index (χ4n) is 3.22. The van der Waals surface area contributed by atoms with Gasteiger partial charge in [-0.3, -0.25) is 4.79 Å². The van der Waals surface area contributed by atoms with Gasteiger partial charge in [-0.1, -0.05) is 48.5 Å². The number of esters is 1. The van der Waals surface area contributed by atoms with Gasteiger partial charge in [-0.25, -0.2) is 4.79 Å². The van der Waals surface area contributed by atoms with Crippen molar-refractivity contribution in [3.8, 4) is 11.5 Å². The molecule has 152 valence electrons. The Labute approximate surface area is 174 Å². The topological polar surface area (TPSA) is 73.9 Å². The molecule has 6 nitrogen and oxygen atoms in total. The maximum atomic E-state index is 12.6. The molecule has 1 amide bonds. The molecule has 6 heteroatoms. The summed E-state index contributed by atoms with van der Waals surface area (Å²) in [4.78, 5) is 24.8. The van der Waals surface area contributed by atoms with E-state index in [0.29, 0.717) is 42.4 Å². The van der Waals surface area contributed by atoms with Crippen molar-refractivity contribution in [2.24, 2.45) is 0 Å². The van der Waals surface area contributed by atoms with Crippen LogP contribution in [0, 0.1) is 0 Å². The third kappa shape index (κ3) is 4.78. The van der Waals surface area contributed by atoms with Crippen molar-refractivity contribution in [2.75, 3.05) is 25.1 Å². The van der Waals surface area contributed by atoms with Gasteiger partial charge in [-0.2, -0.15) is 0 Å². The highest BCUT2D eigenvalue weighted by atomic mass is 16.6. The molecule has 1 aliphatic rings. The van der Waals surface area contributed by atoms with Crippen molar-refractivity contribution in [3.63, 3.8) is 0 Å². The molecule has 0 saturated carbocycles. The Morgan fingerprint density at radius 3 is 2.43 bits per heavy atom. The first-order valence-corrected chi connectivity index (χ1v) is 9.67. The van der Waals surface area contributed by atoms with E-state index < -0.39 is 11.9 Å². The molecule has 1 heterocycles. The second kappa shape index (κ2) is 9.13. The smallest absolute Gasteiger partial charge is 0.338 e. The highest BCUT2D eigenvalue weighted by Crippen LogP contribution is 2.32.